The van der Waals surface area contributed by atoms with E-state index in [-0.39, 0.29) is 35.1 Å². The van der Waals surface area contributed by atoms with E-state index in [2.05, 4.69) is 4.72 Å². The molecule has 1 aliphatic carbocycles. The maximum atomic E-state index is 12.5. The maximum Gasteiger partial charge on any atom is 0.338 e. The average molecular weight is 409 g/mol. The minimum atomic E-state index is -3.66. The molecule has 1 atom stereocenters. The number of amides is 1. The van der Waals surface area contributed by atoms with Crippen molar-refractivity contribution in [2.24, 2.45) is 0 Å². The molecule has 1 aliphatic heterocycles. The van der Waals surface area contributed by atoms with Gasteiger partial charge < -0.3 is 9.64 Å². The van der Waals surface area contributed by atoms with Crippen LogP contribution in [0.3, 0.4) is 0 Å². The molecular formula is C20H28N2O5S. The summed E-state index contributed by atoms with van der Waals surface area (Å²) in [6.45, 7) is 4.12. The Morgan fingerprint density at radius 1 is 1.21 bits per heavy atom. The molecule has 7 nitrogen and oxygen atoms in total. The number of esters is 1. The number of ether oxygens (including phenoxy) is 1. The number of carbonyl (C=O) groups is 2. The molecular weight excluding hydrogens is 380 g/mol. The molecule has 1 unspecified atom stereocenters. The summed E-state index contributed by atoms with van der Waals surface area (Å²) in [5, 5.41) is 0. The van der Waals surface area contributed by atoms with Gasteiger partial charge in [0.15, 0.2) is 6.61 Å². The number of sulfonamides is 1. The monoisotopic (exact) mass is 408 g/mol. The molecule has 1 saturated heterocycles. The van der Waals surface area contributed by atoms with E-state index in [0.717, 1.165) is 38.5 Å². The van der Waals surface area contributed by atoms with Crippen molar-refractivity contribution in [2.75, 3.05) is 13.2 Å². The van der Waals surface area contributed by atoms with Crippen LogP contribution in [0.1, 0.15) is 61.4 Å². The standard InChI is InChI=1S/C20H28N2O5S/c1-3-16-6-4-5-11-22(16)19(23)13-27-20(24)18-12-17(10-7-14(18)2)28(25,26)21-15-8-9-15/h7,10,12,15-16,21H,3-6,8-9,11,13H2,1-2H3. The molecule has 1 amide bonds. The topological polar surface area (TPSA) is 92.8 Å². The minimum absolute atomic E-state index is 0.0182. The number of nitrogens with zero attached hydrogens (tertiary/aromatic N) is 1. The number of nitrogens with one attached hydrogen (secondary N) is 1. The van der Waals surface area contributed by atoms with Crippen LogP contribution < -0.4 is 4.72 Å². The quantitative estimate of drug-likeness (QED) is 0.699. The lowest BCUT2D eigenvalue weighted by Gasteiger charge is -2.35. The van der Waals surface area contributed by atoms with Crippen LogP contribution in [0.15, 0.2) is 23.1 Å². The van der Waals surface area contributed by atoms with Crippen LogP contribution in [0.25, 0.3) is 0 Å². The van der Waals surface area contributed by atoms with Gasteiger partial charge in [-0.2, -0.15) is 0 Å². The first-order valence-electron chi connectivity index (χ1n) is 9.91. The summed E-state index contributed by atoms with van der Waals surface area (Å²) in [6, 6.07) is 4.56. The molecule has 0 radical (unpaired) electrons. The van der Waals surface area contributed by atoms with Crippen molar-refractivity contribution in [3.8, 4) is 0 Å². The Morgan fingerprint density at radius 2 is 1.96 bits per heavy atom. The fourth-order valence-electron chi connectivity index (χ4n) is 3.52. The van der Waals surface area contributed by atoms with E-state index in [1.165, 1.54) is 12.1 Å². The molecule has 28 heavy (non-hydrogen) atoms. The van der Waals surface area contributed by atoms with E-state index in [0.29, 0.717) is 12.1 Å². The van der Waals surface area contributed by atoms with E-state index >= 15 is 0 Å². The first-order chi connectivity index (χ1) is 13.3. The van der Waals surface area contributed by atoms with Gasteiger partial charge in [0.25, 0.3) is 5.91 Å². The van der Waals surface area contributed by atoms with Gasteiger partial charge in [0.1, 0.15) is 0 Å². The van der Waals surface area contributed by atoms with Gasteiger partial charge in [-0.25, -0.2) is 17.9 Å². The Hall–Kier alpha value is -1.93. The van der Waals surface area contributed by atoms with Gasteiger partial charge in [0.2, 0.25) is 10.0 Å². The van der Waals surface area contributed by atoms with Crippen LogP contribution in [0.2, 0.25) is 0 Å². The summed E-state index contributed by atoms with van der Waals surface area (Å²) in [5.41, 5.74) is 0.768. The third kappa shape index (κ3) is 4.91. The zero-order valence-corrected chi connectivity index (χ0v) is 17.3. The normalized spacial score (nSPS) is 20.1. The van der Waals surface area contributed by atoms with Gasteiger partial charge in [0, 0.05) is 18.6 Å². The number of benzene rings is 1. The number of likely N-dealkylation sites (tertiary alicyclic amines) is 1. The molecule has 8 heteroatoms. The number of carbonyl (C=O) groups excluding carboxylic acids is 2. The van der Waals surface area contributed by atoms with Gasteiger partial charge in [0.05, 0.1) is 10.5 Å². The summed E-state index contributed by atoms with van der Waals surface area (Å²) in [7, 11) is -3.66. The van der Waals surface area contributed by atoms with E-state index in [1.807, 2.05) is 6.92 Å². The summed E-state index contributed by atoms with van der Waals surface area (Å²) in [5.74, 6) is -0.879. The van der Waals surface area contributed by atoms with Gasteiger partial charge in [-0.3, -0.25) is 4.79 Å². The molecule has 1 N–H and O–H groups in total. The molecule has 0 spiro atoms. The Bertz CT molecular complexity index is 848. The number of aryl methyl sites for hydroxylation is 1. The third-order valence-electron chi connectivity index (χ3n) is 5.38. The Kier molecular flexibility index (Phi) is 6.40. The molecule has 0 bridgehead atoms. The van der Waals surface area contributed by atoms with Crippen molar-refractivity contribution in [1.29, 1.82) is 0 Å². The van der Waals surface area contributed by atoms with Crippen LogP contribution >= 0.6 is 0 Å². The summed E-state index contributed by atoms with van der Waals surface area (Å²) >= 11 is 0. The lowest BCUT2D eigenvalue weighted by molar-refractivity contribution is -0.138. The lowest BCUT2D eigenvalue weighted by atomic mass is 10.00. The van der Waals surface area contributed by atoms with Crippen molar-refractivity contribution in [3.63, 3.8) is 0 Å². The Labute approximate surface area is 166 Å². The maximum absolute atomic E-state index is 12.5. The highest BCUT2D eigenvalue weighted by Gasteiger charge is 2.29. The SMILES string of the molecule is CCC1CCCCN1C(=O)COC(=O)c1cc(S(=O)(=O)NC2CC2)ccc1C. The van der Waals surface area contributed by atoms with Gasteiger partial charge in [-0.15, -0.1) is 0 Å². The molecule has 1 heterocycles. The number of hydrogen-bond acceptors (Lipinski definition) is 5. The highest BCUT2D eigenvalue weighted by atomic mass is 32.2. The van der Waals surface area contributed by atoms with Gasteiger partial charge in [-0.1, -0.05) is 13.0 Å². The average Bonchev–Trinajstić information content (AvgIpc) is 3.49. The minimum Gasteiger partial charge on any atom is -0.452 e. The zero-order valence-electron chi connectivity index (χ0n) is 16.4. The van der Waals surface area contributed by atoms with Crippen LogP contribution in [0.5, 0.6) is 0 Å². The molecule has 154 valence electrons. The van der Waals surface area contributed by atoms with E-state index in [9.17, 15) is 18.0 Å². The molecule has 1 aromatic rings. The fraction of sp³-hybridized carbons (Fsp3) is 0.600. The van der Waals surface area contributed by atoms with E-state index in [4.69, 9.17) is 4.74 Å². The van der Waals surface area contributed by atoms with Crippen molar-refractivity contribution in [3.05, 3.63) is 29.3 Å². The first-order valence-corrected chi connectivity index (χ1v) is 11.4. The highest BCUT2D eigenvalue weighted by Crippen LogP contribution is 2.24. The van der Waals surface area contributed by atoms with Gasteiger partial charge >= 0.3 is 5.97 Å². The van der Waals surface area contributed by atoms with E-state index < -0.39 is 16.0 Å². The molecule has 1 saturated carbocycles. The number of hydrogen-bond donors (Lipinski definition) is 1. The van der Waals surface area contributed by atoms with Crippen molar-refractivity contribution >= 4 is 21.9 Å². The summed E-state index contributed by atoms with van der Waals surface area (Å²) in [6.07, 6.45) is 5.59. The number of piperidine rings is 1. The second kappa shape index (κ2) is 8.61. The smallest absolute Gasteiger partial charge is 0.338 e. The van der Waals surface area contributed by atoms with Gasteiger partial charge in [-0.05, 0) is 63.1 Å². The molecule has 3 rings (SSSR count). The zero-order chi connectivity index (χ0) is 20.3. The first kappa shape index (κ1) is 20.8. The Balaban J connectivity index is 1.66. The fourth-order valence-corrected chi connectivity index (χ4v) is 4.85. The van der Waals surface area contributed by atoms with E-state index in [1.54, 1.807) is 17.9 Å². The van der Waals surface area contributed by atoms with Crippen LogP contribution in [0.4, 0.5) is 0 Å². The van der Waals surface area contributed by atoms with Crippen molar-refractivity contribution in [2.45, 2.75) is 69.4 Å². The lowest BCUT2D eigenvalue weighted by Crippen LogP contribution is -2.45. The van der Waals surface area contributed by atoms with Crippen LogP contribution in [-0.2, 0) is 19.6 Å². The largest absolute Gasteiger partial charge is 0.452 e. The molecule has 2 fully saturated rings. The molecule has 1 aromatic carbocycles. The Morgan fingerprint density at radius 3 is 2.64 bits per heavy atom. The third-order valence-corrected chi connectivity index (χ3v) is 6.90. The second-order valence-electron chi connectivity index (χ2n) is 7.59. The molecule has 0 aromatic heterocycles. The van der Waals surface area contributed by atoms with Crippen LogP contribution in [-0.4, -0.2) is 50.4 Å². The van der Waals surface area contributed by atoms with Crippen LogP contribution in [0, 0.1) is 6.92 Å². The second-order valence-corrected chi connectivity index (χ2v) is 9.31. The predicted octanol–water partition coefficient (Wildman–Crippen LogP) is 2.38. The highest BCUT2D eigenvalue weighted by molar-refractivity contribution is 7.89. The molecule has 2 aliphatic rings. The summed E-state index contributed by atoms with van der Waals surface area (Å²) < 4.78 is 32.6. The summed E-state index contributed by atoms with van der Waals surface area (Å²) in [4.78, 5) is 26.8. The van der Waals surface area contributed by atoms with Crippen molar-refractivity contribution in [1.82, 2.24) is 9.62 Å². The van der Waals surface area contributed by atoms with Crippen molar-refractivity contribution < 1.29 is 22.7 Å². The predicted molar refractivity (Wildman–Crippen MR) is 104 cm³/mol. The number of rotatable bonds is 7.